The van der Waals surface area contributed by atoms with Crippen LogP contribution in [0.3, 0.4) is 0 Å². The van der Waals surface area contributed by atoms with Gasteiger partial charge in [0.2, 0.25) is 0 Å². The van der Waals surface area contributed by atoms with Gasteiger partial charge in [-0.25, -0.2) is 9.59 Å². The average molecular weight is 356 g/mol. The van der Waals surface area contributed by atoms with E-state index < -0.39 is 12.2 Å². The highest BCUT2D eigenvalue weighted by atomic mass is 16.6. The summed E-state index contributed by atoms with van der Waals surface area (Å²) in [6.07, 6.45) is -1.57. The molecule has 0 heterocycles. The van der Waals surface area contributed by atoms with E-state index in [1.807, 2.05) is 38.1 Å². The quantitative estimate of drug-likeness (QED) is 0.826. The van der Waals surface area contributed by atoms with Crippen LogP contribution in [0.25, 0.3) is 0 Å². The molecule has 0 aromatic heterocycles. The van der Waals surface area contributed by atoms with Crippen molar-refractivity contribution in [3.05, 3.63) is 54.1 Å². The smallest absolute Gasteiger partial charge is 0.419 e. The average Bonchev–Trinajstić information content (AvgIpc) is 2.55. The van der Waals surface area contributed by atoms with Crippen LogP contribution >= 0.6 is 0 Å². The first kappa shape index (κ1) is 19.3. The van der Waals surface area contributed by atoms with Crippen molar-refractivity contribution >= 4 is 23.6 Å². The Bertz CT molecular complexity index is 789. The summed E-state index contributed by atoms with van der Waals surface area (Å²) in [5, 5.41) is 9.38. The molecule has 2 aromatic rings. The molecule has 6 heteroatoms. The van der Waals surface area contributed by atoms with E-state index >= 15 is 0 Å². The third kappa shape index (κ3) is 4.53. The minimum Gasteiger partial charge on any atom is -0.465 e. The summed E-state index contributed by atoms with van der Waals surface area (Å²) >= 11 is 0. The molecule has 0 saturated carbocycles. The van der Waals surface area contributed by atoms with Crippen LogP contribution in [0.15, 0.2) is 48.5 Å². The predicted octanol–water partition coefficient (Wildman–Crippen LogP) is 4.91. The Balaban J connectivity index is 2.23. The van der Waals surface area contributed by atoms with E-state index in [2.05, 4.69) is 0 Å². The second-order valence-corrected chi connectivity index (χ2v) is 6.19. The summed E-state index contributed by atoms with van der Waals surface area (Å²) in [5.74, 6) is 0.297. The summed E-state index contributed by atoms with van der Waals surface area (Å²) in [4.78, 5) is 26.8. The minimum absolute atomic E-state index is 0.238. The maximum absolute atomic E-state index is 12.6. The Kier molecular flexibility index (Phi) is 6.22. The molecule has 2 amide bonds. The van der Waals surface area contributed by atoms with Gasteiger partial charge in [0, 0.05) is 24.3 Å². The van der Waals surface area contributed by atoms with Crippen molar-refractivity contribution in [1.29, 1.82) is 0 Å². The van der Waals surface area contributed by atoms with Crippen molar-refractivity contribution in [2.75, 3.05) is 16.3 Å². The number of anilines is 2. The molecule has 0 radical (unpaired) electrons. The monoisotopic (exact) mass is 356 g/mol. The van der Waals surface area contributed by atoms with Gasteiger partial charge in [0.15, 0.2) is 0 Å². The number of aryl methyl sites for hydroxylation is 1. The standard InChI is InChI=1S/C20H24N2O4/c1-5-21(16-9-6-8-15(4)12-16)20(25)26-18-11-7-10-17(13-18)22(14(2)3)19(23)24/h6-14H,5H2,1-4H3,(H,23,24). The maximum atomic E-state index is 12.6. The summed E-state index contributed by atoms with van der Waals surface area (Å²) < 4.78 is 5.48. The van der Waals surface area contributed by atoms with E-state index in [1.54, 1.807) is 38.1 Å². The molecule has 0 bridgehead atoms. The SMILES string of the molecule is CCN(C(=O)Oc1cccc(N(C(=O)O)C(C)C)c1)c1cccc(C)c1. The summed E-state index contributed by atoms with van der Waals surface area (Å²) in [5.41, 5.74) is 2.25. The molecule has 0 aliphatic heterocycles. The molecule has 0 spiro atoms. The highest BCUT2D eigenvalue weighted by Gasteiger charge is 2.20. The number of benzene rings is 2. The largest absolute Gasteiger partial charge is 0.465 e. The molecule has 1 N–H and O–H groups in total. The number of carboxylic acid groups (broad SMARTS) is 1. The van der Waals surface area contributed by atoms with Gasteiger partial charge in [-0.2, -0.15) is 0 Å². The summed E-state index contributed by atoms with van der Waals surface area (Å²) in [6.45, 7) is 7.84. The van der Waals surface area contributed by atoms with E-state index in [9.17, 15) is 14.7 Å². The van der Waals surface area contributed by atoms with Crippen LogP contribution in [-0.4, -0.2) is 29.9 Å². The van der Waals surface area contributed by atoms with Gasteiger partial charge in [-0.15, -0.1) is 0 Å². The molecule has 0 unspecified atom stereocenters. The lowest BCUT2D eigenvalue weighted by molar-refractivity contribution is 0.200. The lowest BCUT2D eigenvalue weighted by Crippen LogP contribution is -2.36. The van der Waals surface area contributed by atoms with E-state index in [-0.39, 0.29) is 6.04 Å². The number of hydrogen-bond donors (Lipinski definition) is 1. The highest BCUT2D eigenvalue weighted by molar-refractivity contribution is 5.90. The molecule has 0 saturated heterocycles. The fourth-order valence-electron chi connectivity index (χ4n) is 2.70. The zero-order valence-corrected chi connectivity index (χ0v) is 15.5. The van der Waals surface area contributed by atoms with Gasteiger partial charge < -0.3 is 9.84 Å². The summed E-state index contributed by atoms with van der Waals surface area (Å²) in [7, 11) is 0. The highest BCUT2D eigenvalue weighted by Crippen LogP contribution is 2.25. The molecule has 0 aliphatic rings. The van der Waals surface area contributed by atoms with Crippen molar-refractivity contribution in [1.82, 2.24) is 0 Å². The topological polar surface area (TPSA) is 70.1 Å². The van der Waals surface area contributed by atoms with Crippen LogP contribution in [0, 0.1) is 6.92 Å². The first-order valence-corrected chi connectivity index (χ1v) is 8.51. The van der Waals surface area contributed by atoms with Gasteiger partial charge in [-0.3, -0.25) is 9.80 Å². The number of ether oxygens (including phenoxy) is 1. The van der Waals surface area contributed by atoms with Crippen molar-refractivity contribution in [2.24, 2.45) is 0 Å². The molecule has 0 aliphatic carbocycles. The second kappa shape index (κ2) is 8.38. The molecule has 0 atom stereocenters. The fraction of sp³-hybridized carbons (Fsp3) is 0.300. The lowest BCUT2D eigenvalue weighted by atomic mass is 10.2. The van der Waals surface area contributed by atoms with Crippen molar-refractivity contribution in [3.63, 3.8) is 0 Å². The Morgan fingerprint density at radius 3 is 2.31 bits per heavy atom. The fourth-order valence-corrected chi connectivity index (χ4v) is 2.70. The Labute approximate surface area is 153 Å². The number of hydrogen-bond acceptors (Lipinski definition) is 3. The number of nitrogens with zero attached hydrogens (tertiary/aromatic N) is 2. The van der Waals surface area contributed by atoms with Gasteiger partial charge in [0.25, 0.3) is 0 Å². The summed E-state index contributed by atoms with van der Waals surface area (Å²) in [6, 6.07) is 13.9. The molecule has 138 valence electrons. The Morgan fingerprint density at radius 2 is 1.73 bits per heavy atom. The molecular formula is C20H24N2O4. The van der Waals surface area contributed by atoms with Crippen LogP contribution in [0.2, 0.25) is 0 Å². The molecule has 2 rings (SSSR count). The van der Waals surface area contributed by atoms with Crippen LogP contribution in [0.1, 0.15) is 26.3 Å². The number of carbonyl (C=O) groups excluding carboxylic acids is 1. The molecule has 26 heavy (non-hydrogen) atoms. The molecular weight excluding hydrogens is 332 g/mol. The Morgan fingerprint density at radius 1 is 1.08 bits per heavy atom. The van der Waals surface area contributed by atoms with Gasteiger partial charge in [-0.05, 0) is 57.5 Å². The van der Waals surface area contributed by atoms with E-state index in [4.69, 9.17) is 4.74 Å². The third-order valence-electron chi connectivity index (χ3n) is 3.87. The number of rotatable bonds is 5. The molecule has 0 fully saturated rings. The van der Waals surface area contributed by atoms with Gasteiger partial charge in [0.1, 0.15) is 5.75 Å². The van der Waals surface area contributed by atoms with Crippen LogP contribution < -0.4 is 14.5 Å². The maximum Gasteiger partial charge on any atom is 0.419 e. The first-order valence-electron chi connectivity index (χ1n) is 8.51. The first-order chi connectivity index (χ1) is 12.3. The molecule has 6 nitrogen and oxygen atoms in total. The van der Waals surface area contributed by atoms with Crippen molar-refractivity contribution < 1.29 is 19.4 Å². The Hall–Kier alpha value is -3.02. The van der Waals surface area contributed by atoms with Crippen molar-refractivity contribution in [2.45, 2.75) is 33.7 Å². The van der Waals surface area contributed by atoms with Crippen LogP contribution in [0.4, 0.5) is 21.0 Å². The van der Waals surface area contributed by atoms with Crippen molar-refractivity contribution in [3.8, 4) is 5.75 Å². The predicted molar refractivity (Wildman–Crippen MR) is 102 cm³/mol. The second-order valence-electron chi connectivity index (χ2n) is 6.19. The minimum atomic E-state index is -1.06. The van der Waals surface area contributed by atoms with Crippen LogP contribution in [-0.2, 0) is 0 Å². The van der Waals surface area contributed by atoms with Crippen LogP contribution in [0.5, 0.6) is 5.75 Å². The van der Waals surface area contributed by atoms with E-state index in [0.717, 1.165) is 11.3 Å². The third-order valence-corrected chi connectivity index (χ3v) is 3.87. The molecule has 2 aromatic carbocycles. The van der Waals surface area contributed by atoms with Gasteiger partial charge >= 0.3 is 12.2 Å². The normalized spacial score (nSPS) is 10.5. The van der Waals surface area contributed by atoms with Gasteiger partial charge in [0.05, 0.1) is 5.69 Å². The number of amides is 2. The van der Waals surface area contributed by atoms with E-state index in [0.29, 0.717) is 18.0 Å². The zero-order valence-electron chi connectivity index (χ0n) is 15.5. The van der Waals surface area contributed by atoms with Gasteiger partial charge in [-0.1, -0.05) is 18.2 Å². The lowest BCUT2D eigenvalue weighted by Gasteiger charge is -2.24. The van der Waals surface area contributed by atoms with E-state index in [1.165, 1.54) is 9.80 Å². The number of carbonyl (C=O) groups is 2. The zero-order chi connectivity index (χ0) is 19.3.